The second-order valence-electron chi connectivity index (χ2n) is 6.47. The van der Waals surface area contributed by atoms with Crippen molar-refractivity contribution in [3.8, 4) is 11.3 Å². The van der Waals surface area contributed by atoms with Crippen LogP contribution in [0.3, 0.4) is 0 Å². The molecule has 0 amide bonds. The van der Waals surface area contributed by atoms with E-state index in [0.29, 0.717) is 62.8 Å². The summed E-state index contributed by atoms with van der Waals surface area (Å²) in [5, 5.41) is 4.57. The fourth-order valence-corrected chi connectivity index (χ4v) is 3.56. The summed E-state index contributed by atoms with van der Waals surface area (Å²) >= 11 is 0. The van der Waals surface area contributed by atoms with Gasteiger partial charge < -0.3 is 18.6 Å². The normalized spacial score (nSPS) is 19.6. The summed E-state index contributed by atoms with van der Waals surface area (Å²) < 4.78 is 51.4. The van der Waals surface area contributed by atoms with E-state index in [1.54, 1.807) is 4.68 Å². The van der Waals surface area contributed by atoms with Crippen LogP contribution in [0.2, 0.25) is 0 Å². The lowest BCUT2D eigenvalue weighted by atomic mass is 9.93. The Balaban J connectivity index is 1.66. The molecule has 26 heavy (non-hydrogen) atoms. The Morgan fingerprint density at radius 3 is 2.96 bits per heavy atom. The molecule has 1 atom stereocenters. The minimum atomic E-state index is -2.64. The first-order valence-electron chi connectivity index (χ1n) is 8.93. The molecule has 0 unspecified atom stereocenters. The number of hydrogen-bond donors (Lipinski definition) is 0. The van der Waals surface area contributed by atoms with Crippen LogP contribution in [0.5, 0.6) is 0 Å². The van der Waals surface area contributed by atoms with Crippen molar-refractivity contribution in [1.82, 2.24) is 9.78 Å². The zero-order valence-corrected chi connectivity index (χ0v) is 14.7. The molecule has 2 aromatic heterocycles. The van der Waals surface area contributed by atoms with E-state index in [4.69, 9.17) is 18.6 Å². The van der Waals surface area contributed by atoms with Gasteiger partial charge in [0.25, 0.3) is 6.43 Å². The van der Waals surface area contributed by atoms with E-state index in [-0.39, 0.29) is 24.0 Å². The van der Waals surface area contributed by atoms with E-state index in [9.17, 15) is 8.78 Å². The zero-order chi connectivity index (χ0) is 18.1. The third kappa shape index (κ3) is 3.28. The molecule has 0 aromatic carbocycles. The lowest BCUT2D eigenvalue weighted by Gasteiger charge is -2.22. The van der Waals surface area contributed by atoms with Gasteiger partial charge in [-0.15, -0.1) is 0 Å². The molecule has 3 heterocycles. The molecule has 0 spiro atoms. The lowest BCUT2D eigenvalue weighted by molar-refractivity contribution is -0.0946. The highest BCUT2D eigenvalue weighted by Crippen LogP contribution is 2.43. The number of hydrogen-bond acceptors (Lipinski definition) is 5. The van der Waals surface area contributed by atoms with Crippen LogP contribution in [-0.4, -0.2) is 42.3 Å². The van der Waals surface area contributed by atoms with Gasteiger partial charge in [-0.3, -0.25) is 4.68 Å². The van der Waals surface area contributed by atoms with Crippen molar-refractivity contribution in [3.63, 3.8) is 0 Å². The van der Waals surface area contributed by atoms with Gasteiger partial charge in [0, 0.05) is 19.2 Å². The van der Waals surface area contributed by atoms with Crippen LogP contribution in [0.4, 0.5) is 8.78 Å². The molecule has 0 N–H and O–H groups in total. The van der Waals surface area contributed by atoms with Gasteiger partial charge in [0.15, 0.2) is 0 Å². The number of fused-ring (bicyclic) bond motifs is 3. The Kier molecular flexibility index (Phi) is 5.06. The number of aryl methyl sites for hydroxylation is 2. The van der Waals surface area contributed by atoms with E-state index >= 15 is 0 Å². The number of halogens is 2. The van der Waals surface area contributed by atoms with E-state index < -0.39 is 6.43 Å². The number of ether oxygens (including phenoxy) is 3. The van der Waals surface area contributed by atoms with Crippen molar-refractivity contribution >= 4 is 0 Å². The van der Waals surface area contributed by atoms with Gasteiger partial charge >= 0.3 is 0 Å². The molecule has 1 fully saturated rings. The van der Waals surface area contributed by atoms with E-state index in [2.05, 4.69) is 5.10 Å². The van der Waals surface area contributed by atoms with E-state index in [1.165, 1.54) is 0 Å². The van der Waals surface area contributed by atoms with Gasteiger partial charge in [0.1, 0.15) is 24.2 Å². The van der Waals surface area contributed by atoms with Crippen LogP contribution in [0, 0.1) is 0 Å². The largest absolute Gasteiger partial charge is 0.462 e. The molecule has 1 aliphatic carbocycles. The molecule has 0 radical (unpaired) electrons. The molecule has 2 aromatic rings. The molecule has 0 bridgehead atoms. The summed E-state index contributed by atoms with van der Waals surface area (Å²) in [7, 11) is 0. The van der Waals surface area contributed by atoms with Crippen LogP contribution in [-0.2, 0) is 40.2 Å². The summed E-state index contributed by atoms with van der Waals surface area (Å²) in [5.41, 5.74) is 1.90. The summed E-state index contributed by atoms with van der Waals surface area (Å²) in [6, 6.07) is 0. The van der Waals surface area contributed by atoms with Crippen LogP contribution in [0.25, 0.3) is 11.3 Å². The second-order valence-corrected chi connectivity index (χ2v) is 6.47. The molecule has 2 aliphatic rings. The SMILES string of the molecule is CCOCc1oc2c(c1C(F)F)-c1nn(C[C@H]3COCCO3)cc1CC2. The van der Waals surface area contributed by atoms with E-state index in [0.717, 1.165) is 5.56 Å². The lowest BCUT2D eigenvalue weighted by Crippen LogP contribution is -2.32. The first kappa shape index (κ1) is 17.6. The standard InChI is InChI=1S/C18H22F2N2O4/c1-2-23-10-14-16(18(19)20)15-13(26-14)4-3-11-7-22(21-17(11)15)8-12-9-24-5-6-25-12/h7,12,18H,2-6,8-10H2,1H3/t12-/m0/s1. The van der Waals surface area contributed by atoms with E-state index in [1.807, 2.05) is 13.1 Å². The summed E-state index contributed by atoms with van der Waals surface area (Å²) in [6.45, 7) is 4.53. The number of rotatable bonds is 6. The van der Waals surface area contributed by atoms with Crippen molar-refractivity contribution in [1.29, 1.82) is 0 Å². The van der Waals surface area contributed by atoms with Crippen molar-refractivity contribution < 1.29 is 27.4 Å². The number of alkyl halides is 2. The first-order chi connectivity index (χ1) is 12.7. The second kappa shape index (κ2) is 7.46. The van der Waals surface area contributed by atoms with Gasteiger partial charge in [-0.25, -0.2) is 8.78 Å². The van der Waals surface area contributed by atoms with Gasteiger partial charge in [-0.1, -0.05) is 0 Å². The Morgan fingerprint density at radius 2 is 2.23 bits per heavy atom. The molecule has 142 valence electrons. The minimum absolute atomic E-state index is 0.0481. The minimum Gasteiger partial charge on any atom is -0.462 e. The van der Waals surface area contributed by atoms with Gasteiger partial charge in [0.2, 0.25) is 0 Å². The Morgan fingerprint density at radius 1 is 1.35 bits per heavy atom. The van der Waals surface area contributed by atoms with Crippen molar-refractivity contribution in [2.75, 3.05) is 26.4 Å². The monoisotopic (exact) mass is 368 g/mol. The Bertz CT molecular complexity index is 766. The fraction of sp³-hybridized carbons (Fsp3) is 0.611. The molecule has 6 nitrogen and oxygen atoms in total. The van der Waals surface area contributed by atoms with Crippen molar-refractivity contribution in [2.24, 2.45) is 0 Å². The van der Waals surface area contributed by atoms with Gasteiger partial charge in [0.05, 0.1) is 43.2 Å². The van der Waals surface area contributed by atoms with Crippen LogP contribution in [0.15, 0.2) is 10.6 Å². The molecule has 4 rings (SSSR count). The molecular weight excluding hydrogens is 346 g/mol. The van der Waals surface area contributed by atoms with Crippen molar-refractivity contribution in [2.45, 2.75) is 45.4 Å². The van der Waals surface area contributed by atoms with Gasteiger partial charge in [-0.2, -0.15) is 5.10 Å². The number of nitrogens with zero attached hydrogens (tertiary/aromatic N) is 2. The van der Waals surface area contributed by atoms with Crippen molar-refractivity contribution in [3.05, 3.63) is 28.8 Å². The average molecular weight is 368 g/mol. The van der Waals surface area contributed by atoms with Gasteiger partial charge in [-0.05, 0) is 18.9 Å². The summed E-state index contributed by atoms with van der Waals surface area (Å²) in [5.74, 6) is 0.781. The smallest absolute Gasteiger partial charge is 0.267 e. The highest BCUT2D eigenvalue weighted by Gasteiger charge is 2.33. The molecule has 0 saturated carbocycles. The number of furan rings is 1. The highest BCUT2D eigenvalue weighted by molar-refractivity contribution is 5.72. The third-order valence-corrected chi connectivity index (χ3v) is 4.72. The fourth-order valence-electron chi connectivity index (χ4n) is 3.56. The maximum Gasteiger partial charge on any atom is 0.267 e. The zero-order valence-electron chi connectivity index (χ0n) is 14.7. The summed E-state index contributed by atoms with van der Waals surface area (Å²) in [4.78, 5) is 0. The average Bonchev–Trinajstić information content (AvgIpc) is 3.20. The molecule has 1 saturated heterocycles. The maximum atomic E-state index is 13.8. The van der Waals surface area contributed by atoms with Crippen LogP contribution < -0.4 is 0 Å². The highest BCUT2D eigenvalue weighted by atomic mass is 19.3. The predicted molar refractivity (Wildman–Crippen MR) is 88.2 cm³/mol. The Hall–Kier alpha value is -1.77. The maximum absolute atomic E-state index is 13.8. The quantitative estimate of drug-likeness (QED) is 0.784. The summed E-state index contributed by atoms with van der Waals surface area (Å²) in [6.07, 6.45) is 0.513. The van der Waals surface area contributed by atoms with Crippen LogP contribution >= 0.6 is 0 Å². The number of aromatic nitrogens is 2. The molecule has 1 aliphatic heterocycles. The third-order valence-electron chi connectivity index (χ3n) is 4.72. The molecule has 8 heteroatoms. The first-order valence-corrected chi connectivity index (χ1v) is 8.93. The topological polar surface area (TPSA) is 58.7 Å². The Labute approximate surface area is 150 Å². The molecular formula is C18H22F2N2O4. The van der Waals surface area contributed by atoms with Crippen LogP contribution in [0.1, 0.15) is 36.0 Å². The predicted octanol–water partition coefficient (Wildman–Crippen LogP) is 3.13.